The van der Waals surface area contributed by atoms with E-state index in [9.17, 15) is 4.79 Å². The second-order valence-electron chi connectivity index (χ2n) is 6.35. The van der Waals surface area contributed by atoms with Gasteiger partial charge in [-0.15, -0.1) is 0 Å². The van der Waals surface area contributed by atoms with Gasteiger partial charge in [-0.1, -0.05) is 6.92 Å². The topological polar surface area (TPSA) is 43.8 Å². The highest BCUT2D eigenvalue weighted by atomic mass is 16.4. The zero-order valence-electron chi connectivity index (χ0n) is 11.2. The summed E-state index contributed by atoms with van der Waals surface area (Å²) in [5.41, 5.74) is 0. The summed E-state index contributed by atoms with van der Waals surface area (Å²) in [6, 6.07) is 1.54. The molecule has 3 aliphatic rings. The first-order chi connectivity index (χ1) is 8.65. The Kier molecular flexibility index (Phi) is 3.32. The molecule has 4 heteroatoms. The molecule has 3 saturated heterocycles. The fraction of sp³-hybridized carbons (Fsp3) is 0.929. The molecular weight excluding hydrogens is 228 g/mol. The highest BCUT2D eigenvalue weighted by Gasteiger charge is 2.41. The van der Waals surface area contributed by atoms with Crippen molar-refractivity contribution in [2.45, 2.75) is 44.7 Å². The van der Waals surface area contributed by atoms with E-state index >= 15 is 0 Å². The summed E-state index contributed by atoms with van der Waals surface area (Å²) in [7, 11) is 0. The Hall–Kier alpha value is -0.610. The summed E-state index contributed by atoms with van der Waals surface area (Å²) >= 11 is 0. The van der Waals surface area contributed by atoms with Crippen molar-refractivity contribution in [3.8, 4) is 0 Å². The minimum atomic E-state index is -0.634. The van der Waals surface area contributed by atoms with Crippen LogP contribution in [0.4, 0.5) is 0 Å². The predicted octanol–water partition coefficient (Wildman–Crippen LogP) is 1.27. The Balaban J connectivity index is 1.49. The van der Waals surface area contributed by atoms with Gasteiger partial charge in [-0.2, -0.15) is 0 Å². The molecule has 3 rings (SSSR count). The fourth-order valence-corrected chi connectivity index (χ4v) is 3.90. The van der Waals surface area contributed by atoms with E-state index in [4.69, 9.17) is 5.11 Å². The quantitative estimate of drug-likeness (QED) is 0.821. The van der Waals surface area contributed by atoms with Crippen LogP contribution in [0, 0.1) is 11.8 Å². The van der Waals surface area contributed by atoms with Crippen molar-refractivity contribution in [2.75, 3.05) is 26.2 Å². The lowest BCUT2D eigenvalue weighted by atomic mass is 9.83. The van der Waals surface area contributed by atoms with Crippen LogP contribution in [0.3, 0.4) is 0 Å². The van der Waals surface area contributed by atoms with Gasteiger partial charge in [0.2, 0.25) is 0 Å². The molecule has 18 heavy (non-hydrogen) atoms. The monoisotopic (exact) mass is 252 g/mol. The Labute approximate surface area is 109 Å². The molecule has 0 aliphatic carbocycles. The number of hydrogen-bond acceptors (Lipinski definition) is 3. The van der Waals surface area contributed by atoms with Crippen molar-refractivity contribution in [1.29, 1.82) is 0 Å². The SMILES string of the molecule is CC(C(=O)O)C1CN(C2CCN3CCCC3C2)C1. The molecule has 4 nitrogen and oxygen atoms in total. The number of aliphatic carboxylic acids is 1. The van der Waals surface area contributed by atoms with Crippen LogP contribution >= 0.6 is 0 Å². The zero-order chi connectivity index (χ0) is 12.7. The lowest BCUT2D eigenvalue weighted by Crippen LogP contribution is -2.58. The number of rotatable bonds is 3. The molecule has 0 radical (unpaired) electrons. The maximum absolute atomic E-state index is 10.9. The van der Waals surface area contributed by atoms with Gasteiger partial charge in [0.05, 0.1) is 5.92 Å². The van der Waals surface area contributed by atoms with Crippen LogP contribution in [0.15, 0.2) is 0 Å². The van der Waals surface area contributed by atoms with Gasteiger partial charge in [-0.25, -0.2) is 0 Å². The average Bonchev–Trinajstić information content (AvgIpc) is 2.73. The molecule has 1 N–H and O–H groups in total. The summed E-state index contributed by atoms with van der Waals surface area (Å²) < 4.78 is 0. The van der Waals surface area contributed by atoms with Gasteiger partial charge in [0, 0.05) is 25.2 Å². The molecule has 0 aromatic rings. The smallest absolute Gasteiger partial charge is 0.306 e. The van der Waals surface area contributed by atoms with E-state index in [2.05, 4.69) is 9.80 Å². The lowest BCUT2D eigenvalue weighted by Gasteiger charge is -2.49. The molecule has 102 valence electrons. The summed E-state index contributed by atoms with van der Waals surface area (Å²) in [4.78, 5) is 16.1. The van der Waals surface area contributed by atoms with Gasteiger partial charge in [-0.3, -0.25) is 9.69 Å². The van der Waals surface area contributed by atoms with E-state index < -0.39 is 5.97 Å². The Morgan fingerprint density at radius 2 is 1.89 bits per heavy atom. The Morgan fingerprint density at radius 3 is 2.61 bits per heavy atom. The van der Waals surface area contributed by atoms with Crippen LogP contribution in [0.2, 0.25) is 0 Å². The summed E-state index contributed by atoms with van der Waals surface area (Å²) in [5, 5.41) is 9.01. The van der Waals surface area contributed by atoms with Gasteiger partial charge in [0.1, 0.15) is 0 Å². The van der Waals surface area contributed by atoms with Crippen LogP contribution in [-0.2, 0) is 4.79 Å². The van der Waals surface area contributed by atoms with Crippen LogP contribution < -0.4 is 0 Å². The summed E-state index contributed by atoms with van der Waals surface area (Å²) in [5.74, 6) is -0.429. The van der Waals surface area contributed by atoms with Gasteiger partial charge in [-0.05, 0) is 44.7 Å². The number of likely N-dealkylation sites (tertiary alicyclic amines) is 1. The van der Waals surface area contributed by atoms with E-state index in [0.717, 1.165) is 25.2 Å². The molecule has 0 amide bonds. The standard InChI is InChI=1S/C14H24N2O2/c1-10(14(17)18)11-8-16(9-11)13-4-6-15-5-2-3-12(15)7-13/h10-13H,2-9H2,1H3,(H,17,18). The largest absolute Gasteiger partial charge is 0.481 e. The van der Waals surface area contributed by atoms with Crippen molar-refractivity contribution < 1.29 is 9.90 Å². The third kappa shape index (κ3) is 2.16. The zero-order valence-corrected chi connectivity index (χ0v) is 11.2. The maximum atomic E-state index is 10.9. The van der Waals surface area contributed by atoms with Crippen LogP contribution in [0.5, 0.6) is 0 Å². The number of carboxylic acid groups (broad SMARTS) is 1. The first kappa shape index (κ1) is 12.4. The third-order valence-corrected chi connectivity index (χ3v) is 5.34. The Morgan fingerprint density at radius 1 is 1.17 bits per heavy atom. The summed E-state index contributed by atoms with van der Waals surface area (Å²) in [6.07, 6.45) is 5.34. The second kappa shape index (κ2) is 4.82. The van der Waals surface area contributed by atoms with Crippen molar-refractivity contribution >= 4 is 5.97 Å². The third-order valence-electron chi connectivity index (χ3n) is 5.34. The van der Waals surface area contributed by atoms with Gasteiger partial charge >= 0.3 is 5.97 Å². The number of nitrogens with zero attached hydrogens (tertiary/aromatic N) is 2. The van der Waals surface area contributed by atoms with Crippen LogP contribution in [0.25, 0.3) is 0 Å². The van der Waals surface area contributed by atoms with E-state index in [1.165, 1.54) is 38.8 Å². The number of hydrogen-bond donors (Lipinski definition) is 1. The molecule has 3 fully saturated rings. The maximum Gasteiger partial charge on any atom is 0.306 e. The molecule has 3 aliphatic heterocycles. The highest BCUT2D eigenvalue weighted by molar-refractivity contribution is 5.70. The highest BCUT2D eigenvalue weighted by Crippen LogP contribution is 2.34. The fourth-order valence-electron chi connectivity index (χ4n) is 3.90. The van der Waals surface area contributed by atoms with Crippen molar-refractivity contribution in [1.82, 2.24) is 9.80 Å². The first-order valence-electron chi connectivity index (χ1n) is 7.36. The molecule has 3 atom stereocenters. The molecule has 3 unspecified atom stereocenters. The summed E-state index contributed by atoms with van der Waals surface area (Å²) in [6.45, 7) is 6.42. The molecule has 0 spiro atoms. The van der Waals surface area contributed by atoms with Crippen molar-refractivity contribution in [3.63, 3.8) is 0 Å². The average molecular weight is 252 g/mol. The molecule has 0 bridgehead atoms. The normalized spacial score (nSPS) is 36.1. The Bertz CT molecular complexity index is 328. The predicted molar refractivity (Wildman–Crippen MR) is 69.5 cm³/mol. The number of piperidine rings is 1. The molecule has 0 aromatic heterocycles. The molecular formula is C14H24N2O2. The van der Waals surface area contributed by atoms with Crippen LogP contribution in [-0.4, -0.2) is 59.1 Å². The van der Waals surface area contributed by atoms with Gasteiger partial charge < -0.3 is 10.0 Å². The number of carbonyl (C=O) groups is 1. The minimum absolute atomic E-state index is 0.173. The van der Waals surface area contributed by atoms with E-state index in [1.807, 2.05) is 6.92 Å². The molecule has 0 aromatic carbocycles. The molecule has 3 heterocycles. The van der Waals surface area contributed by atoms with Crippen molar-refractivity contribution in [3.05, 3.63) is 0 Å². The second-order valence-corrected chi connectivity index (χ2v) is 6.35. The minimum Gasteiger partial charge on any atom is -0.481 e. The van der Waals surface area contributed by atoms with Crippen molar-refractivity contribution in [2.24, 2.45) is 11.8 Å². The van der Waals surface area contributed by atoms with E-state index in [1.54, 1.807) is 0 Å². The van der Waals surface area contributed by atoms with Gasteiger partial charge in [0.25, 0.3) is 0 Å². The lowest BCUT2D eigenvalue weighted by molar-refractivity contribution is -0.146. The first-order valence-corrected chi connectivity index (χ1v) is 7.36. The van der Waals surface area contributed by atoms with Gasteiger partial charge in [0.15, 0.2) is 0 Å². The van der Waals surface area contributed by atoms with E-state index in [-0.39, 0.29) is 5.92 Å². The van der Waals surface area contributed by atoms with Crippen LogP contribution in [0.1, 0.15) is 32.6 Å². The van der Waals surface area contributed by atoms with E-state index in [0.29, 0.717) is 5.92 Å². The number of fused-ring (bicyclic) bond motifs is 1. The molecule has 0 saturated carbocycles. The number of carboxylic acids is 1.